The topological polar surface area (TPSA) is 32.3 Å². The Morgan fingerprint density at radius 3 is 2.50 bits per heavy atom. The van der Waals surface area contributed by atoms with Crippen LogP contribution in [0.3, 0.4) is 0 Å². The summed E-state index contributed by atoms with van der Waals surface area (Å²) in [4.78, 5) is 14.9. The summed E-state index contributed by atoms with van der Waals surface area (Å²) in [6, 6.07) is 14.3. The van der Waals surface area contributed by atoms with Crippen molar-refractivity contribution in [1.82, 2.24) is 4.90 Å². The molecular formula is C17H19FN2OS. The van der Waals surface area contributed by atoms with Gasteiger partial charge in [-0.3, -0.25) is 9.69 Å². The Balaban J connectivity index is 1.87. The molecule has 2 aromatic rings. The number of thioether (sulfide) groups is 1. The largest absolute Gasteiger partial charge is 0.325 e. The van der Waals surface area contributed by atoms with E-state index in [2.05, 4.69) is 5.32 Å². The van der Waals surface area contributed by atoms with Crippen LogP contribution in [0.5, 0.6) is 0 Å². The summed E-state index contributed by atoms with van der Waals surface area (Å²) in [5.74, 6) is -0.363. The number of halogens is 1. The van der Waals surface area contributed by atoms with Crippen LogP contribution in [0.1, 0.15) is 5.56 Å². The van der Waals surface area contributed by atoms with Crippen LogP contribution in [-0.2, 0) is 11.3 Å². The van der Waals surface area contributed by atoms with Gasteiger partial charge in [0.15, 0.2) is 0 Å². The fourth-order valence-corrected chi connectivity index (χ4v) is 2.50. The molecule has 3 nitrogen and oxygen atoms in total. The number of amides is 1. The first kappa shape index (κ1) is 16.5. The number of carbonyl (C=O) groups is 1. The molecule has 0 fully saturated rings. The number of hydrogen-bond donors (Lipinski definition) is 1. The third-order valence-corrected chi connectivity index (χ3v) is 3.93. The van der Waals surface area contributed by atoms with Gasteiger partial charge in [-0.25, -0.2) is 4.39 Å². The molecule has 22 heavy (non-hydrogen) atoms. The van der Waals surface area contributed by atoms with Gasteiger partial charge in [0.2, 0.25) is 5.91 Å². The van der Waals surface area contributed by atoms with Gasteiger partial charge in [-0.2, -0.15) is 0 Å². The van der Waals surface area contributed by atoms with Gasteiger partial charge in [0.1, 0.15) is 5.82 Å². The summed E-state index contributed by atoms with van der Waals surface area (Å²) >= 11 is 1.65. The maximum atomic E-state index is 13.6. The van der Waals surface area contributed by atoms with Crippen molar-refractivity contribution in [3.8, 4) is 0 Å². The lowest BCUT2D eigenvalue weighted by molar-refractivity contribution is -0.117. The van der Waals surface area contributed by atoms with Crippen LogP contribution in [0.4, 0.5) is 10.1 Å². The van der Waals surface area contributed by atoms with Crippen molar-refractivity contribution >= 4 is 23.4 Å². The maximum Gasteiger partial charge on any atom is 0.238 e. The van der Waals surface area contributed by atoms with E-state index in [1.54, 1.807) is 41.9 Å². The average Bonchev–Trinajstić information content (AvgIpc) is 2.50. The second kappa shape index (κ2) is 7.96. The van der Waals surface area contributed by atoms with Crippen molar-refractivity contribution in [3.63, 3.8) is 0 Å². The zero-order chi connectivity index (χ0) is 15.9. The first-order chi connectivity index (χ1) is 10.6. The summed E-state index contributed by atoms with van der Waals surface area (Å²) in [7, 11) is 1.79. The fourth-order valence-electron chi connectivity index (χ4n) is 2.09. The molecule has 0 spiro atoms. The van der Waals surface area contributed by atoms with E-state index in [0.717, 1.165) is 10.6 Å². The third kappa shape index (κ3) is 4.86. The minimum atomic E-state index is -0.248. The van der Waals surface area contributed by atoms with E-state index < -0.39 is 0 Å². The summed E-state index contributed by atoms with van der Waals surface area (Å²) in [6.45, 7) is 0.601. The molecule has 0 heterocycles. The van der Waals surface area contributed by atoms with Gasteiger partial charge in [-0.15, -0.1) is 11.8 Å². The van der Waals surface area contributed by atoms with E-state index in [0.29, 0.717) is 12.1 Å². The van der Waals surface area contributed by atoms with Crippen LogP contribution < -0.4 is 5.32 Å². The van der Waals surface area contributed by atoms with Gasteiger partial charge >= 0.3 is 0 Å². The molecule has 2 aromatic carbocycles. The molecular weight excluding hydrogens is 299 g/mol. The molecule has 0 aliphatic heterocycles. The number of carbonyl (C=O) groups excluding carboxylic acids is 1. The van der Waals surface area contributed by atoms with Gasteiger partial charge in [-0.05, 0) is 43.6 Å². The number of anilines is 1. The van der Waals surface area contributed by atoms with Crippen LogP contribution in [0.25, 0.3) is 0 Å². The number of hydrogen-bond acceptors (Lipinski definition) is 3. The van der Waals surface area contributed by atoms with E-state index in [1.807, 2.05) is 30.5 Å². The Hall–Kier alpha value is -1.85. The molecule has 0 aliphatic carbocycles. The zero-order valence-electron chi connectivity index (χ0n) is 12.7. The lowest BCUT2D eigenvalue weighted by Crippen LogP contribution is -2.30. The number of rotatable bonds is 6. The standard InChI is InChI=1S/C17H19FN2OS/c1-20(11-13-5-3-4-6-16(13)18)12-17(21)19-14-7-9-15(22-2)10-8-14/h3-10H,11-12H2,1-2H3,(H,19,21). The molecule has 0 saturated carbocycles. The van der Waals surface area contributed by atoms with Crippen molar-refractivity contribution in [2.24, 2.45) is 0 Å². The second-order valence-electron chi connectivity index (χ2n) is 5.04. The summed E-state index contributed by atoms with van der Waals surface area (Å²) < 4.78 is 13.6. The highest BCUT2D eigenvalue weighted by Crippen LogP contribution is 2.17. The van der Waals surface area contributed by atoms with E-state index in [-0.39, 0.29) is 18.3 Å². The van der Waals surface area contributed by atoms with Crippen LogP contribution in [0, 0.1) is 5.82 Å². The molecule has 2 rings (SSSR count). The Bertz CT molecular complexity index is 631. The van der Waals surface area contributed by atoms with Crippen molar-refractivity contribution in [2.75, 3.05) is 25.2 Å². The first-order valence-corrected chi connectivity index (χ1v) is 8.17. The maximum absolute atomic E-state index is 13.6. The number of likely N-dealkylation sites (N-methyl/N-ethyl adjacent to an activating group) is 1. The number of nitrogens with zero attached hydrogens (tertiary/aromatic N) is 1. The third-order valence-electron chi connectivity index (χ3n) is 3.19. The summed E-state index contributed by atoms with van der Waals surface area (Å²) in [5, 5.41) is 2.84. The van der Waals surface area contributed by atoms with Crippen LogP contribution >= 0.6 is 11.8 Å². The predicted octanol–water partition coefficient (Wildman–Crippen LogP) is 3.62. The van der Waals surface area contributed by atoms with Gasteiger partial charge in [0, 0.05) is 22.7 Å². The second-order valence-corrected chi connectivity index (χ2v) is 5.92. The Kier molecular flexibility index (Phi) is 5.98. The Morgan fingerprint density at radius 1 is 1.18 bits per heavy atom. The van der Waals surface area contributed by atoms with E-state index in [9.17, 15) is 9.18 Å². The minimum Gasteiger partial charge on any atom is -0.325 e. The number of nitrogens with one attached hydrogen (secondary N) is 1. The normalized spacial score (nSPS) is 10.7. The smallest absolute Gasteiger partial charge is 0.238 e. The zero-order valence-corrected chi connectivity index (χ0v) is 13.5. The lowest BCUT2D eigenvalue weighted by Gasteiger charge is -2.16. The predicted molar refractivity (Wildman–Crippen MR) is 89.6 cm³/mol. The quantitative estimate of drug-likeness (QED) is 0.826. The molecule has 0 atom stereocenters. The molecule has 0 unspecified atom stereocenters. The molecule has 116 valence electrons. The first-order valence-electron chi connectivity index (χ1n) is 6.94. The molecule has 1 amide bonds. The number of benzene rings is 2. The van der Waals surface area contributed by atoms with Crippen molar-refractivity contribution in [1.29, 1.82) is 0 Å². The van der Waals surface area contributed by atoms with Gasteiger partial charge < -0.3 is 5.32 Å². The molecule has 5 heteroatoms. The Morgan fingerprint density at radius 2 is 1.86 bits per heavy atom. The minimum absolute atomic E-state index is 0.115. The highest BCUT2D eigenvalue weighted by Gasteiger charge is 2.09. The average molecular weight is 318 g/mol. The van der Waals surface area contributed by atoms with Crippen molar-refractivity contribution in [2.45, 2.75) is 11.4 Å². The molecule has 1 N–H and O–H groups in total. The van der Waals surface area contributed by atoms with Gasteiger partial charge in [0.05, 0.1) is 6.54 Å². The molecule has 0 aliphatic rings. The van der Waals surface area contributed by atoms with Crippen LogP contribution in [0.15, 0.2) is 53.4 Å². The lowest BCUT2D eigenvalue weighted by atomic mass is 10.2. The SMILES string of the molecule is CSc1ccc(NC(=O)CN(C)Cc2ccccc2F)cc1. The van der Waals surface area contributed by atoms with Crippen LogP contribution in [-0.4, -0.2) is 30.7 Å². The fraction of sp³-hybridized carbons (Fsp3) is 0.235. The van der Waals surface area contributed by atoms with Crippen molar-refractivity contribution in [3.05, 3.63) is 59.9 Å². The molecule has 0 aromatic heterocycles. The highest BCUT2D eigenvalue weighted by molar-refractivity contribution is 7.98. The Labute approximate surface area is 134 Å². The summed E-state index contributed by atoms with van der Waals surface area (Å²) in [6.07, 6.45) is 2.01. The van der Waals surface area contributed by atoms with E-state index in [4.69, 9.17) is 0 Å². The van der Waals surface area contributed by atoms with Gasteiger partial charge in [-0.1, -0.05) is 18.2 Å². The highest BCUT2D eigenvalue weighted by atomic mass is 32.2. The van der Waals surface area contributed by atoms with Crippen LogP contribution in [0.2, 0.25) is 0 Å². The van der Waals surface area contributed by atoms with Crippen molar-refractivity contribution < 1.29 is 9.18 Å². The molecule has 0 saturated heterocycles. The molecule has 0 radical (unpaired) electrons. The molecule has 0 bridgehead atoms. The summed E-state index contributed by atoms with van der Waals surface area (Å²) in [5.41, 5.74) is 1.35. The van der Waals surface area contributed by atoms with E-state index in [1.165, 1.54) is 6.07 Å². The van der Waals surface area contributed by atoms with Gasteiger partial charge in [0.25, 0.3) is 0 Å². The monoisotopic (exact) mass is 318 g/mol. The van der Waals surface area contributed by atoms with E-state index >= 15 is 0 Å².